The number of hydrogen-bond donors (Lipinski definition) is 3. The zero-order valence-electron chi connectivity index (χ0n) is 17.2. The van der Waals surface area contributed by atoms with Gasteiger partial charge in [0.1, 0.15) is 0 Å². The molecule has 3 rings (SSSR count). The minimum Gasteiger partial charge on any atom is -0.356 e. The zero-order valence-corrected chi connectivity index (χ0v) is 19.6. The standard InChI is InChI=1S/C22H27N5O2.HI/c1-23-21(29)17-8-6-7-16(13-17)11-12-25-22(24-2)26-18-14-20(28)27(15-18)19-9-4-3-5-10-19;/h3-10,13,18H,11-12,14-15H2,1-2H3,(H,23,29)(H2,24,25,26);1H. The van der Waals surface area contributed by atoms with Crippen molar-refractivity contribution < 1.29 is 9.59 Å². The van der Waals surface area contributed by atoms with Crippen LogP contribution in [0.3, 0.4) is 0 Å². The van der Waals surface area contributed by atoms with Gasteiger partial charge in [-0.2, -0.15) is 0 Å². The number of amides is 2. The minimum atomic E-state index is -0.0915. The van der Waals surface area contributed by atoms with Crippen LogP contribution in [0.15, 0.2) is 59.6 Å². The molecule has 1 unspecified atom stereocenters. The summed E-state index contributed by atoms with van der Waals surface area (Å²) in [6.45, 7) is 1.28. The van der Waals surface area contributed by atoms with Crippen LogP contribution in [-0.4, -0.2) is 51.0 Å². The first kappa shape index (κ1) is 23.7. The molecule has 0 aromatic heterocycles. The molecule has 160 valence electrons. The van der Waals surface area contributed by atoms with E-state index in [0.29, 0.717) is 31.0 Å². The lowest BCUT2D eigenvalue weighted by Crippen LogP contribution is -2.45. The van der Waals surface area contributed by atoms with E-state index in [0.717, 1.165) is 17.7 Å². The Morgan fingerprint density at radius 2 is 1.93 bits per heavy atom. The second-order valence-corrected chi connectivity index (χ2v) is 6.91. The summed E-state index contributed by atoms with van der Waals surface area (Å²) in [7, 11) is 3.34. The Morgan fingerprint density at radius 1 is 1.17 bits per heavy atom. The van der Waals surface area contributed by atoms with Crippen molar-refractivity contribution in [2.24, 2.45) is 4.99 Å². The number of nitrogens with zero attached hydrogens (tertiary/aromatic N) is 2. The molecule has 0 aliphatic carbocycles. The van der Waals surface area contributed by atoms with Crippen LogP contribution in [0.5, 0.6) is 0 Å². The highest BCUT2D eigenvalue weighted by atomic mass is 127. The van der Waals surface area contributed by atoms with Gasteiger partial charge in [0.05, 0.1) is 6.04 Å². The van der Waals surface area contributed by atoms with E-state index < -0.39 is 0 Å². The average molecular weight is 521 g/mol. The monoisotopic (exact) mass is 521 g/mol. The molecule has 0 saturated carbocycles. The smallest absolute Gasteiger partial charge is 0.251 e. The van der Waals surface area contributed by atoms with Crippen LogP contribution in [0, 0.1) is 0 Å². The fourth-order valence-electron chi connectivity index (χ4n) is 3.39. The molecule has 0 radical (unpaired) electrons. The molecule has 2 amide bonds. The van der Waals surface area contributed by atoms with Crippen LogP contribution in [0.4, 0.5) is 5.69 Å². The molecule has 0 spiro atoms. The van der Waals surface area contributed by atoms with Gasteiger partial charge in [0.15, 0.2) is 5.96 Å². The van der Waals surface area contributed by atoms with Gasteiger partial charge >= 0.3 is 0 Å². The Morgan fingerprint density at radius 3 is 2.63 bits per heavy atom. The molecular weight excluding hydrogens is 493 g/mol. The number of aliphatic imine (C=N–C) groups is 1. The number of guanidine groups is 1. The van der Waals surface area contributed by atoms with Crippen LogP contribution < -0.4 is 20.9 Å². The van der Waals surface area contributed by atoms with Gasteiger partial charge in [-0.15, -0.1) is 24.0 Å². The Hall–Kier alpha value is -2.62. The van der Waals surface area contributed by atoms with E-state index >= 15 is 0 Å². The van der Waals surface area contributed by atoms with Crippen molar-refractivity contribution in [1.29, 1.82) is 0 Å². The van der Waals surface area contributed by atoms with Crippen LogP contribution in [0.2, 0.25) is 0 Å². The number of carbonyl (C=O) groups excluding carboxylic acids is 2. The first-order valence-electron chi connectivity index (χ1n) is 9.74. The highest BCUT2D eigenvalue weighted by Crippen LogP contribution is 2.20. The summed E-state index contributed by atoms with van der Waals surface area (Å²) >= 11 is 0. The highest BCUT2D eigenvalue weighted by Gasteiger charge is 2.30. The topological polar surface area (TPSA) is 85.8 Å². The Bertz CT molecular complexity index is 888. The van der Waals surface area contributed by atoms with Crippen LogP contribution in [-0.2, 0) is 11.2 Å². The number of rotatable bonds is 6. The van der Waals surface area contributed by atoms with Crippen LogP contribution >= 0.6 is 24.0 Å². The third-order valence-electron chi connectivity index (χ3n) is 4.88. The van der Waals surface area contributed by atoms with E-state index in [1.807, 2.05) is 48.5 Å². The molecule has 1 atom stereocenters. The van der Waals surface area contributed by atoms with Gasteiger partial charge in [0.2, 0.25) is 5.91 Å². The lowest BCUT2D eigenvalue weighted by molar-refractivity contribution is -0.117. The number of carbonyl (C=O) groups is 2. The maximum absolute atomic E-state index is 12.4. The summed E-state index contributed by atoms with van der Waals surface area (Å²) in [5, 5.41) is 9.25. The molecule has 1 fully saturated rings. The summed E-state index contributed by atoms with van der Waals surface area (Å²) in [6, 6.07) is 17.3. The fraction of sp³-hybridized carbons (Fsp3) is 0.318. The number of nitrogens with one attached hydrogen (secondary N) is 3. The SMILES string of the molecule is CN=C(NCCc1cccc(C(=O)NC)c1)NC1CC(=O)N(c2ccccc2)C1.I. The normalized spacial score (nSPS) is 16.1. The molecule has 2 aromatic carbocycles. The average Bonchev–Trinajstić information content (AvgIpc) is 3.13. The van der Waals surface area contributed by atoms with Gasteiger partial charge in [-0.25, -0.2) is 0 Å². The first-order valence-corrected chi connectivity index (χ1v) is 9.74. The van der Waals surface area contributed by atoms with E-state index in [1.54, 1.807) is 25.1 Å². The molecule has 8 heteroatoms. The van der Waals surface area contributed by atoms with Gasteiger partial charge in [0.25, 0.3) is 5.91 Å². The largest absolute Gasteiger partial charge is 0.356 e. The molecule has 3 N–H and O–H groups in total. The van der Waals surface area contributed by atoms with E-state index in [4.69, 9.17) is 0 Å². The van der Waals surface area contributed by atoms with Crippen molar-refractivity contribution >= 4 is 47.4 Å². The molecule has 30 heavy (non-hydrogen) atoms. The maximum atomic E-state index is 12.4. The summed E-state index contributed by atoms with van der Waals surface area (Å²) in [5.41, 5.74) is 2.64. The van der Waals surface area contributed by atoms with Crippen molar-refractivity contribution in [3.05, 3.63) is 65.7 Å². The molecule has 1 saturated heterocycles. The second-order valence-electron chi connectivity index (χ2n) is 6.91. The minimum absolute atomic E-state index is 0. The van der Waals surface area contributed by atoms with Crippen molar-refractivity contribution in [3.8, 4) is 0 Å². The molecule has 1 heterocycles. The zero-order chi connectivity index (χ0) is 20.6. The highest BCUT2D eigenvalue weighted by molar-refractivity contribution is 14.0. The van der Waals surface area contributed by atoms with E-state index in [2.05, 4.69) is 20.9 Å². The van der Waals surface area contributed by atoms with Gasteiger partial charge in [0, 0.05) is 44.9 Å². The molecule has 0 bridgehead atoms. The third-order valence-corrected chi connectivity index (χ3v) is 4.88. The van der Waals surface area contributed by atoms with Crippen molar-refractivity contribution in [3.63, 3.8) is 0 Å². The van der Waals surface area contributed by atoms with E-state index in [-0.39, 0.29) is 41.8 Å². The van der Waals surface area contributed by atoms with Crippen molar-refractivity contribution in [1.82, 2.24) is 16.0 Å². The number of hydrogen-bond acceptors (Lipinski definition) is 3. The summed E-state index contributed by atoms with van der Waals surface area (Å²) in [5.74, 6) is 0.682. The van der Waals surface area contributed by atoms with Gasteiger partial charge in [-0.1, -0.05) is 30.3 Å². The maximum Gasteiger partial charge on any atom is 0.251 e. The quantitative estimate of drug-likeness (QED) is 0.309. The third kappa shape index (κ3) is 6.19. The molecule has 1 aliphatic heterocycles. The lowest BCUT2D eigenvalue weighted by Gasteiger charge is -2.19. The lowest BCUT2D eigenvalue weighted by atomic mass is 10.1. The summed E-state index contributed by atoms with van der Waals surface area (Å²) in [4.78, 5) is 30.2. The molecular formula is C22H28IN5O2. The second kappa shape index (κ2) is 11.5. The number of para-hydroxylation sites is 1. The molecule has 2 aromatic rings. The van der Waals surface area contributed by atoms with Crippen molar-refractivity contribution in [2.45, 2.75) is 18.9 Å². The van der Waals surface area contributed by atoms with Gasteiger partial charge in [-0.3, -0.25) is 14.6 Å². The van der Waals surface area contributed by atoms with E-state index in [9.17, 15) is 9.59 Å². The first-order chi connectivity index (χ1) is 14.1. The predicted octanol–water partition coefficient (Wildman–Crippen LogP) is 2.18. The van der Waals surface area contributed by atoms with Gasteiger partial charge < -0.3 is 20.9 Å². The van der Waals surface area contributed by atoms with Crippen LogP contribution in [0.1, 0.15) is 22.3 Å². The fourth-order valence-corrected chi connectivity index (χ4v) is 3.39. The van der Waals surface area contributed by atoms with Crippen LogP contribution in [0.25, 0.3) is 0 Å². The van der Waals surface area contributed by atoms with E-state index in [1.165, 1.54) is 0 Å². The predicted molar refractivity (Wildman–Crippen MR) is 131 cm³/mol. The Kier molecular flexibility index (Phi) is 9.10. The number of anilines is 1. The molecule has 1 aliphatic rings. The Labute approximate surface area is 194 Å². The Balaban J connectivity index is 0.00000320. The van der Waals surface area contributed by atoms with Gasteiger partial charge in [-0.05, 0) is 36.2 Å². The van der Waals surface area contributed by atoms with Crippen molar-refractivity contribution in [2.75, 3.05) is 32.1 Å². The summed E-state index contributed by atoms with van der Waals surface area (Å²) in [6.07, 6.45) is 1.19. The number of halogens is 1. The number of benzene rings is 2. The molecule has 7 nitrogen and oxygen atoms in total. The summed E-state index contributed by atoms with van der Waals surface area (Å²) < 4.78 is 0.